The highest BCUT2D eigenvalue weighted by Gasteiger charge is 2.25. The molecular formula is C21H22Cl2N2O3. The lowest BCUT2D eigenvalue weighted by molar-refractivity contribution is -0.121. The van der Waals surface area contributed by atoms with Crippen molar-refractivity contribution in [3.05, 3.63) is 63.6 Å². The van der Waals surface area contributed by atoms with E-state index in [0.29, 0.717) is 27.8 Å². The third-order valence-corrected chi connectivity index (χ3v) is 5.68. The van der Waals surface area contributed by atoms with E-state index in [1.807, 2.05) is 18.2 Å². The first-order valence-corrected chi connectivity index (χ1v) is 9.88. The van der Waals surface area contributed by atoms with E-state index in [1.54, 1.807) is 24.3 Å². The first-order chi connectivity index (χ1) is 13.5. The lowest BCUT2D eigenvalue weighted by atomic mass is 9.95. The van der Waals surface area contributed by atoms with Crippen LogP contribution in [0, 0.1) is 5.92 Å². The number of anilines is 1. The van der Waals surface area contributed by atoms with Crippen LogP contribution in [0.1, 0.15) is 28.8 Å². The number of amides is 1. The van der Waals surface area contributed by atoms with Crippen molar-refractivity contribution < 1.29 is 14.3 Å². The van der Waals surface area contributed by atoms with Crippen molar-refractivity contribution >= 4 is 40.8 Å². The van der Waals surface area contributed by atoms with E-state index in [9.17, 15) is 9.59 Å². The van der Waals surface area contributed by atoms with Crippen LogP contribution >= 0.6 is 23.2 Å². The summed E-state index contributed by atoms with van der Waals surface area (Å²) < 4.78 is 4.67. The molecule has 1 N–H and O–H groups in total. The van der Waals surface area contributed by atoms with Crippen LogP contribution in [0.3, 0.4) is 0 Å². The molecule has 1 aliphatic rings. The van der Waals surface area contributed by atoms with E-state index < -0.39 is 5.97 Å². The number of piperidine rings is 1. The van der Waals surface area contributed by atoms with Gasteiger partial charge in [-0.05, 0) is 62.3 Å². The monoisotopic (exact) mass is 420 g/mol. The van der Waals surface area contributed by atoms with Gasteiger partial charge in [-0.2, -0.15) is 0 Å². The highest BCUT2D eigenvalue weighted by molar-refractivity contribution is 6.35. The normalized spacial score (nSPS) is 15.2. The van der Waals surface area contributed by atoms with Crippen molar-refractivity contribution in [1.29, 1.82) is 0 Å². The number of likely N-dealkylation sites (tertiary alicyclic amines) is 1. The molecule has 3 rings (SSSR count). The van der Waals surface area contributed by atoms with Gasteiger partial charge in [0.1, 0.15) is 0 Å². The lowest BCUT2D eigenvalue weighted by Gasteiger charge is -2.31. The Balaban J connectivity index is 1.52. The minimum atomic E-state index is -0.399. The lowest BCUT2D eigenvalue weighted by Crippen LogP contribution is -2.37. The molecule has 1 amide bonds. The quantitative estimate of drug-likeness (QED) is 0.716. The maximum absolute atomic E-state index is 12.6. The molecular weight excluding hydrogens is 399 g/mol. The maximum atomic E-state index is 12.6. The second-order valence-electron chi connectivity index (χ2n) is 6.81. The maximum Gasteiger partial charge on any atom is 0.337 e. The number of carbonyl (C=O) groups is 2. The molecule has 0 spiro atoms. The minimum Gasteiger partial charge on any atom is -0.465 e. The molecule has 7 heteroatoms. The Morgan fingerprint density at radius 2 is 1.68 bits per heavy atom. The predicted molar refractivity (Wildman–Crippen MR) is 111 cm³/mol. The molecule has 1 saturated heterocycles. The summed E-state index contributed by atoms with van der Waals surface area (Å²) in [5, 5.41) is 4.27. The summed E-state index contributed by atoms with van der Waals surface area (Å²) in [5.74, 6) is -0.441. The van der Waals surface area contributed by atoms with Gasteiger partial charge >= 0.3 is 5.97 Å². The van der Waals surface area contributed by atoms with Crippen molar-refractivity contribution in [3.63, 3.8) is 0 Å². The number of benzene rings is 2. The van der Waals surface area contributed by atoms with E-state index in [2.05, 4.69) is 15.0 Å². The molecule has 0 aliphatic carbocycles. The van der Waals surface area contributed by atoms with Crippen molar-refractivity contribution in [2.24, 2.45) is 5.92 Å². The number of hydrogen-bond donors (Lipinski definition) is 1. The van der Waals surface area contributed by atoms with Gasteiger partial charge < -0.3 is 10.1 Å². The van der Waals surface area contributed by atoms with Crippen molar-refractivity contribution in [2.75, 3.05) is 25.5 Å². The van der Waals surface area contributed by atoms with Gasteiger partial charge in [-0.15, -0.1) is 0 Å². The average molecular weight is 421 g/mol. The Morgan fingerprint density at radius 1 is 1.07 bits per heavy atom. The van der Waals surface area contributed by atoms with Crippen molar-refractivity contribution in [3.8, 4) is 0 Å². The van der Waals surface area contributed by atoms with Crippen molar-refractivity contribution in [1.82, 2.24) is 4.90 Å². The summed E-state index contributed by atoms with van der Waals surface area (Å²) in [4.78, 5) is 26.3. The number of ether oxygens (including phenoxy) is 1. The molecule has 0 saturated carbocycles. The summed E-state index contributed by atoms with van der Waals surface area (Å²) in [6, 6.07) is 12.2. The number of carbonyl (C=O) groups excluding carboxylic acids is 2. The largest absolute Gasteiger partial charge is 0.465 e. The topological polar surface area (TPSA) is 58.6 Å². The highest BCUT2D eigenvalue weighted by Crippen LogP contribution is 2.28. The first kappa shape index (κ1) is 20.6. The summed E-state index contributed by atoms with van der Waals surface area (Å²) >= 11 is 12.5. The van der Waals surface area contributed by atoms with E-state index >= 15 is 0 Å². The number of esters is 1. The van der Waals surface area contributed by atoms with Crippen LogP contribution in [-0.2, 0) is 16.1 Å². The fourth-order valence-electron chi connectivity index (χ4n) is 3.31. The zero-order valence-electron chi connectivity index (χ0n) is 15.6. The molecule has 2 aromatic rings. The number of methoxy groups -OCH3 is 1. The molecule has 0 aromatic heterocycles. The molecule has 5 nitrogen and oxygen atoms in total. The smallest absolute Gasteiger partial charge is 0.337 e. The molecule has 28 heavy (non-hydrogen) atoms. The van der Waals surface area contributed by atoms with Crippen LogP contribution < -0.4 is 5.32 Å². The summed E-state index contributed by atoms with van der Waals surface area (Å²) in [5.41, 5.74) is 2.05. The SMILES string of the molecule is COC(=O)c1ccc(NC(=O)C2CCN(Cc3c(Cl)cccc3Cl)CC2)cc1. The van der Waals surface area contributed by atoms with Crippen LogP contribution in [0.25, 0.3) is 0 Å². The molecule has 1 aliphatic heterocycles. The summed E-state index contributed by atoms with van der Waals surface area (Å²) in [6.07, 6.45) is 1.54. The van der Waals surface area contributed by atoms with Crippen LogP contribution in [0.5, 0.6) is 0 Å². The van der Waals surface area contributed by atoms with E-state index in [0.717, 1.165) is 31.5 Å². The second-order valence-corrected chi connectivity index (χ2v) is 7.62. The number of halogens is 2. The summed E-state index contributed by atoms with van der Waals surface area (Å²) in [6.45, 7) is 2.30. The van der Waals surface area contributed by atoms with Crippen LogP contribution in [0.15, 0.2) is 42.5 Å². The Morgan fingerprint density at radius 3 is 2.25 bits per heavy atom. The van der Waals surface area contributed by atoms with Crippen LogP contribution in [-0.4, -0.2) is 37.0 Å². The van der Waals surface area contributed by atoms with Gasteiger partial charge in [0, 0.05) is 33.8 Å². The minimum absolute atomic E-state index is 0.00115. The Labute approximate surface area is 174 Å². The van der Waals surface area contributed by atoms with Crippen LogP contribution in [0.2, 0.25) is 10.0 Å². The first-order valence-electron chi connectivity index (χ1n) is 9.12. The molecule has 0 atom stereocenters. The third kappa shape index (κ3) is 5.04. The zero-order chi connectivity index (χ0) is 20.1. The zero-order valence-corrected chi connectivity index (χ0v) is 17.1. The van der Waals surface area contributed by atoms with E-state index in [1.165, 1.54) is 7.11 Å². The number of hydrogen-bond acceptors (Lipinski definition) is 4. The van der Waals surface area contributed by atoms with Gasteiger partial charge in [-0.3, -0.25) is 9.69 Å². The average Bonchev–Trinajstić information content (AvgIpc) is 2.71. The van der Waals surface area contributed by atoms with E-state index in [-0.39, 0.29) is 11.8 Å². The Hall–Kier alpha value is -2.08. The molecule has 0 radical (unpaired) electrons. The molecule has 1 fully saturated rings. The van der Waals surface area contributed by atoms with Gasteiger partial charge in [0.25, 0.3) is 0 Å². The fourth-order valence-corrected chi connectivity index (χ4v) is 3.83. The Kier molecular flexibility index (Phi) is 6.94. The molecule has 0 bridgehead atoms. The third-order valence-electron chi connectivity index (χ3n) is 4.98. The Bertz CT molecular complexity index is 827. The molecule has 2 aromatic carbocycles. The highest BCUT2D eigenvalue weighted by atomic mass is 35.5. The van der Waals surface area contributed by atoms with Gasteiger partial charge in [0.15, 0.2) is 0 Å². The second kappa shape index (κ2) is 9.41. The molecule has 1 heterocycles. The van der Waals surface area contributed by atoms with E-state index in [4.69, 9.17) is 23.2 Å². The number of nitrogens with zero attached hydrogens (tertiary/aromatic N) is 1. The standard InChI is InChI=1S/C21H22Cl2N2O3/c1-28-21(27)15-5-7-16(8-6-15)24-20(26)14-9-11-25(12-10-14)13-17-18(22)3-2-4-19(17)23/h2-8,14H,9-13H2,1H3,(H,24,26). The van der Waals surface area contributed by atoms with Gasteiger partial charge in [0.2, 0.25) is 5.91 Å². The number of nitrogens with one attached hydrogen (secondary N) is 1. The predicted octanol–water partition coefficient (Wildman–Crippen LogP) is 4.63. The fraction of sp³-hybridized carbons (Fsp3) is 0.333. The molecule has 148 valence electrons. The van der Waals surface area contributed by atoms with Gasteiger partial charge in [-0.1, -0.05) is 29.3 Å². The van der Waals surface area contributed by atoms with Crippen molar-refractivity contribution in [2.45, 2.75) is 19.4 Å². The van der Waals surface area contributed by atoms with Crippen LogP contribution in [0.4, 0.5) is 5.69 Å². The van der Waals surface area contributed by atoms with Gasteiger partial charge in [0.05, 0.1) is 12.7 Å². The number of rotatable bonds is 5. The van der Waals surface area contributed by atoms with Gasteiger partial charge in [-0.25, -0.2) is 4.79 Å². The molecule has 0 unspecified atom stereocenters. The summed E-state index contributed by atoms with van der Waals surface area (Å²) in [7, 11) is 1.34.